The Balaban J connectivity index is 1.45. The SMILES string of the molecule is CCCCOc1cccc(C(=O)Nc2ccc(OCCCc3ccccc3)cc2)c1. The van der Waals surface area contributed by atoms with E-state index in [9.17, 15) is 4.79 Å². The van der Waals surface area contributed by atoms with Crippen molar-refractivity contribution in [2.75, 3.05) is 18.5 Å². The predicted octanol–water partition coefficient (Wildman–Crippen LogP) is 6.13. The molecule has 4 nitrogen and oxygen atoms in total. The number of carbonyl (C=O) groups is 1. The van der Waals surface area contributed by atoms with Crippen molar-refractivity contribution in [1.29, 1.82) is 0 Å². The standard InChI is InChI=1S/C26H29NO3/c1-2-3-18-30-25-13-7-12-22(20-25)26(28)27-23-14-16-24(17-15-23)29-19-8-11-21-9-5-4-6-10-21/h4-7,9-10,12-17,20H,2-3,8,11,18-19H2,1H3,(H,27,28). The molecule has 0 aliphatic heterocycles. The third-order valence-corrected chi connectivity index (χ3v) is 4.70. The first-order valence-corrected chi connectivity index (χ1v) is 10.6. The molecule has 0 saturated heterocycles. The van der Waals surface area contributed by atoms with Crippen LogP contribution >= 0.6 is 0 Å². The molecule has 1 amide bonds. The second kappa shape index (κ2) is 11.7. The Labute approximate surface area is 178 Å². The number of unbranched alkanes of at least 4 members (excludes halogenated alkanes) is 1. The summed E-state index contributed by atoms with van der Waals surface area (Å²) in [6, 6.07) is 25.1. The van der Waals surface area contributed by atoms with Crippen LogP contribution in [0.1, 0.15) is 42.1 Å². The summed E-state index contributed by atoms with van der Waals surface area (Å²) in [6.45, 7) is 3.44. The van der Waals surface area contributed by atoms with Gasteiger partial charge in [0.15, 0.2) is 0 Å². The van der Waals surface area contributed by atoms with Gasteiger partial charge in [-0.3, -0.25) is 4.79 Å². The quantitative estimate of drug-likeness (QED) is 0.392. The number of ether oxygens (including phenoxy) is 2. The van der Waals surface area contributed by atoms with Crippen LogP contribution < -0.4 is 14.8 Å². The van der Waals surface area contributed by atoms with Gasteiger partial charge in [0, 0.05) is 11.3 Å². The number of nitrogens with one attached hydrogen (secondary N) is 1. The molecule has 0 aliphatic carbocycles. The van der Waals surface area contributed by atoms with E-state index in [-0.39, 0.29) is 5.91 Å². The number of hydrogen-bond acceptors (Lipinski definition) is 3. The fourth-order valence-electron chi connectivity index (χ4n) is 3.01. The molecule has 4 heteroatoms. The number of amides is 1. The van der Waals surface area contributed by atoms with Gasteiger partial charge in [0.2, 0.25) is 0 Å². The normalized spacial score (nSPS) is 10.4. The summed E-state index contributed by atoms with van der Waals surface area (Å²) in [5.74, 6) is 1.36. The Morgan fingerprint density at radius 2 is 1.53 bits per heavy atom. The average Bonchev–Trinajstić information content (AvgIpc) is 2.79. The average molecular weight is 404 g/mol. The van der Waals surface area contributed by atoms with Crippen molar-refractivity contribution in [2.24, 2.45) is 0 Å². The lowest BCUT2D eigenvalue weighted by Crippen LogP contribution is -2.12. The molecule has 0 saturated carbocycles. The van der Waals surface area contributed by atoms with Gasteiger partial charge < -0.3 is 14.8 Å². The first-order chi connectivity index (χ1) is 14.7. The molecule has 30 heavy (non-hydrogen) atoms. The van der Waals surface area contributed by atoms with E-state index in [2.05, 4.69) is 36.5 Å². The summed E-state index contributed by atoms with van der Waals surface area (Å²) in [4.78, 5) is 12.5. The highest BCUT2D eigenvalue weighted by molar-refractivity contribution is 6.04. The second-order valence-electron chi connectivity index (χ2n) is 7.15. The van der Waals surface area contributed by atoms with Crippen LogP contribution in [0.5, 0.6) is 11.5 Å². The lowest BCUT2D eigenvalue weighted by Gasteiger charge is -2.10. The molecule has 0 heterocycles. The summed E-state index contributed by atoms with van der Waals surface area (Å²) >= 11 is 0. The van der Waals surface area contributed by atoms with E-state index in [1.165, 1.54) is 5.56 Å². The van der Waals surface area contributed by atoms with E-state index >= 15 is 0 Å². The number of rotatable bonds is 11. The van der Waals surface area contributed by atoms with E-state index in [1.54, 1.807) is 12.1 Å². The summed E-state index contributed by atoms with van der Waals surface area (Å²) < 4.78 is 11.5. The molecule has 3 aromatic carbocycles. The maximum Gasteiger partial charge on any atom is 0.255 e. The highest BCUT2D eigenvalue weighted by Crippen LogP contribution is 2.19. The van der Waals surface area contributed by atoms with E-state index in [4.69, 9.17) is 9.47 Å². The summed E-state index contributed by atoms with van der Waals surface area (Å²) in [5.41, 5.74) is 2.62. The van der Waals surface area contributed by atoms with Crippen LogP contribution in [0, 0.1) is 0 Å². The molecule has 3 aromatic rings. The van der Waals surface area contributed by atoms with Gasteiger partial charge in [-0.25, -0.2) is 0 Å². The zero-order valence-electron chi connectivity index (χ0n) is 17.5. The molecular formula is C26H29NO3. The first-order valence-electron chi connectivity index (χ1n) is 10.6. The molecule has 0 atom stereocenters. The minimum atomic E-state index is -0.160. The van der Waals surface area contributed by atoms with Crippen molar-refractivity contribution in [1.82, 2.24) is 0 Å². The van der Waals surface area contributed by atoms with E-state index < -0.39 is 0 Å². The third kappa shape index (κ3) is 6.96. The molecule has 0 aromatic heterocycles. The fourth-order valence-corrected chi connectivity index (χ4v) is 3.01. The smallest absolute Gasteiger partial charge is 0.255 e. The van der Waals surface area contributed by atoms with Crippen molar-refractivity contribution in [2.45, 2.75) is 32.6 Å². The molecule has 0 fully saturated rings. The molecule has 3 rings (SSSR count). The van der Waals surface area contributed by atoms with Crippen LogP contribution in [0.4, 0.5) is 5.69 Å². The van der Waals surface area contributed by atoms with E-state index in [1.807, 2.05) is 42.5 Å². The van der Waals surface area contributed by atoms with Gasteiger partial charge >= 0.3 is 0 Å². The molecule has 156 valence electrons. The molecule has 0 radical (unpaired) electrons. The Bertz CT molecular complexity index is 907. The second-order valence-corrected chi connectivity index (χ2v) is 7.15. The molecule has 0 unspecified atom stereocenters. The maximum atomic E-state index is 12.5. The number of carbonyl (C=O) groups excluding carboxylic acids is 1. The Morgan fingerprint density at radius 1 is 0.800 bits per heavy atom. The highest BCUT2D eigenvalue weighted by atomic mass is 16.5. The molecule has 0 bridgehead atoms. The monoisotopic (exact) mass is 403 g/mol. The predicted molar refractivity (Wildman–Crippen MR) is 121 cm³/mol. The Hall–Kier alpha value is -3.27. The van der Waals surface area contributed by atoms with Crippen molar-refractivity contribution >= 4 is 11.6 Å². The van der Waals surface area contributed by atoms with Gasteiger partial charge in [0.25, 0.3) is 5.91 Å². The Kier molecular flexibility index (Phi) is 8.34. The van der Waals surface area contributed by atoms with Gasteiger partial charge in [-0.15, -0.1) is 0 Å². The Morgan fingerprint density at radius 3 is 2.30 bits per heavy atom. The maximum absolute atomic E-state index is 12.5. The molecule has 1 N–H and O–H groups in total. The minimum absolute atomic E-state index is 0.160. The van der Waals surface area contributed by atoms with Crippen LogP contribution in [-0.4, -0.2) is 19.1 Å². The molecule has 0 spiro atoms. The number of anilines is 1. The zero-order valence-corrected chi connectivity index (χ0v) is 17.5. The number of benzene rings is 3. The van der Waals surface area contributed by atoms with Crippen LogP contribution in [0.2, 0.25) is 0 Å². The topological polar surface area (TPSA) is 47.6 Å². The largest absolute Gasteiger partial charge is 0.494 e. The fraction of sp³-hybridized carbons (Fsp3) is 0.269. The lowest BCUT2D eigenvalue weighted by molar-refractivity contribution is 0.102. The van der Waals surface area contributed by atoms with Gasteiger partial charge in [0.1, 0.15) is 11.5 Å². The third-order valence-electron chi connectivity index (χ3n) is 4.70. The number of aryl methyl sites for hydroxylation is 1. The van der Waals surface area contributed by atoms with Gasteiger partial charge in [-0.05, 0) is 67.3 Å². The minimum Gasteiger partial charge on any atom is -0.494 e. The van der Waals surface area contributed by atoms with Gasteiger partial charge in [-0.2, -0.15) is 0 Å². The first kappa shape index (κ1) is 21.4. The summed E-state index contributed by atoms with van der Waals surface area (Å²) in [7, 11) is 0. The van der Waals surface area contributed by atoms with Crippen molar-refractivity contribution in [3.8, 4) is 11.5 Å². The van der Waals surface area contributed by atoms with Crippen LogP contribution in [0.3, 0.4) is 0 Å². The van der Waals surface area contributed by atoms with E-state index in [0.29, 0.717) is 18.8 Å². The summed E-state index contributed by atoms with van der Waals surface area (Å²) in [5, 5.41) is 2.92. The number of hydrogen-bond donors (Lipinski definition) is 1. The highest BCUT2D eigenvalue weighted by Gasteiger charge is 2.08. The van der Waals surface area contributed by atoms with Crippen molar-refractivity contribution in [3.63, 3.8) is 0 Å². The van der Waals surface area contributed by atoms with E-state index in [0.717, 1.165) is 42.9 Å². The lowest BCUT2D eigenvalue weighted by atomic mass is 10.1. The van der Waals surface area contributed by atoms with Crippen molar-refractivity contribution in [3.05, 3.63) is 90.0 Å². The van der Waals surface area contributed by atoms with Crippen LogP contribution in [0.15, 0.2) is 78.9 Å². The van der Waals surface area contributed by atoms with Crippen molar-refractivity contribution < 1.29 is 14.3 Å². The zero-order chi connectivity index (χ0) is 21.0. The van der Waals surface area contributed by atoms with Gasteiger partial charge in [-0.1, -0.05) is 49.7 Å². The molecule has 0 aliphatic rings. The summed E-state index contributed by atoms with van der Waals surface area (Å²) in [6.07, 6.45) is 4.03. The van der Waals surface area contributed by atoms with Crippen LogP contribution in [0.25, 0.3) is 0 Å². The van der Waals surface area contributed by atoms with Crippen LogP contribution in [-0.2, 0) is 6.42 Å². The van der Waals surface area contributed by atoms with Gasteiger partial charge in [0.05, 0.1) is 13.2 Å². The molecular weight excluding hydrogens is 374 g/mol.